The zero-order chi connectivity index (χ0) is 23.4. The lowest BCUT2D eigenvalue weighted by molar-refractivity contribution is -0.124. The van der Waals surface area contributed by atoms with Gasteiger partial charge in [-0.2, -0.15) is 0 Å². The summed E-state index contributed by atoms with van der Waals surface area (Å²) in [6, 6.07) is 5.13. The highest BCUT2D eigenvalue weighted by molar-refractivity contribution is 5.94. The van der Waals surface area contributed by atoms with Gasteiger partial charge in [0.2, 0.25) is 5.91 Å². The van der Waals surface area contributed by atoms with E-state index < -0.39 is 0 Å². The number of pyridine rings is 1. The molecule has 0 saturated heterocycles. The van der Waals surface area contributed by atoms with Crippen molar-refractivity contribution in [3.8, 4) is 0 Å². The molecule has 0 aliphatic heterocycles. The minimum atomic E-state index is -0.380. The van der Waals surface area contributed by atoms with E-state index in [9.17, 15) is 14.7 Å². The molecule has 178 valence electrons. The average molecular weight is 453 g/mol. The van der Waals surface area contributed by atoms with Crippen LogP contribution in [-0.4, -0.2) is 39.0 Å². The maximum atomic E-state index is 13.1. The van der Waals surface area contributed by atoms with Crippen LogP contribution in [0, 0.1) is 28.6 Å². The van der Waals surface area contributed by atoms with E-state index in [1.807, 2.05) is 39.0 Å². The number of nitrogens with one attached hydrogen (secondary N) is 2. The molecule has 0 radical (unpaired) electrons. The van der Waals surface area contributed by atoms with Gasteiger partial charge >= 0.3 is 0 Å². The van der Waals surface area contributed by atoms with Crippen LogP contribution in [0.1, 0.15) is 76.2 Å². The molecule has 4 aliphatic rings. The van der Waals surface area contributed by atoms with Crippen LogP contribution >= 0.6 is 0 Å². The molecule has 0 spiro atoms. The number of fused-ring (bicyclic) bond motifs is 1. The summed E-state index contributed by atoms with van der Waals surface area (Å²) < 4.78 is 1.76. The average Bonchev–Trinajstić information content (AvgIpc) is 3.15. The second-order valence-corrected chi connectivity index (χ2v) is 12.0. The van der Waals surface area contributed by atoms with E-state index in [0.717, 1.165) is 17.8 Å². The van der Waals surface area contributed by atoms with Crippen molar-refractivity contribution in [3.05, 3.63) is 30.1 Å². The Morgan fingerprint density at radius 3 is 2.36 bits per heavy atom. The van der Waals surface area contributed by atoms with Crippen molar-refractivity contribution in [3.63, 3.8) is 0 Å². The molecule has 3 N–H and O–H groups in total. The molecule has 2 aromatic rings. The number of hydrogen-bond acceptors (Lipinski definition) is 4. The molecule has 7 heteroatoms. The quantitative estimate of drug-likeness (QED) is 0.617. The first-order chi connectivity index (χ1) is 15.6. The summed E-state index contributed by atoms with van der Waals surface area (Å²) >= 11 is 0. The van der Waals surface area contributed by atoms with Crippen LogP contribution in [0.4, 0.5) is 5.82 Å². The Morgan fingerprint density at radius 2 is 1.79 bits per heavy atom. The molecule has 33 heavy (non-hydrogen) atoms. The molecule has 1 atom stereocenters. The second-order valence-electron chi connectivity index (χ2n) is 12.0. The molecule has 0 aromatic carbocycles. The first-order valence-electron chi connectivity index (χ1n) is 12.3. The molecule has 2 aromatic heterocycles. The highest BCUT2D eigenvalue weighted by atomic mass is 16.3. The van der Waals surface area contributed by atoms with Crippen LogP contribution in [-0.2, 0) is 4.79 Å². The number of rotatable bonds is 6. The largest absolute Gasteiger partial charge is 0.394 e. The summed E-state index contributed by atoms with van der Waals surface area (Å²) in [5.74, 6) is 2.80. The fourth-order valence-electron chi connectivity index (χ4n) is 7.02. The number of aromatic nitrogens is 2. The number of nitrogens with zero attached hydrogens (tertiary/aromatic N) is 2. The summed E-state index contributed by atoms with van der Waals surface area (Å²) in [6.07, 6.45) is 9.94. The van der Waals surface area contributed by atoms with Gasteiger partial charge in [0.05, 0.1) is 12.6 Å². The number of anilines is 1. The monoisotopic (exact) mass is 452 g/mol. The van der Waals surface area contributed by atoms with Crippen molar-refractivity contribution in [2.45, 2.75) is 71.8 Å². The highest BCUT2D eigenvalue weighted by Gasteiger charge is 2.51. The summed E-state index contributed by atoms with van der Waals surface area (Å²) in [4.78, 5) is 30.4. The maximum Gasteiger partial charge on any atom is 0.271 e. The number of aliphatic hydroxyl groups excluding tert-OH is 1. The van der Waals surface area contributed by atoms with Crippen molar-refractivity contribution in [1.29, 1.82) is 0 Å². The molecule has 0 unspecified atom stereocenters. The topological polar surface area (TPSA) is 95.7 Å². The Kier molecular flexibility index (Phi) is 5.51. The van der Waals surface area contributed by atoms with Crippen LogP contribution in [0.15, 0.2) is 24.4 Å². The standard InChI is InChI=1S/C26H36N4O3/c1-25(2,3)20(15-31)28-24(33)19-14-30-21(27-19)5-4-6-22(30)29-23(32)13-26-10-16-7-17(11-26)9-18(8-16)12-26/h4-6,14,16-18,20,31H,7-13,15H2,1-3H3,(H,28,33)(H,29,32)/t16?,17?,18?,20-,26?/m1/s1. The van der Waals surface area contributed by atoms with E-state index in [4.69, 9.17) is 0 Å². The minimum absolute atomic E-state index is 0.0530. The second kappa shape index (κ2) is 8.12. The number of carbonyl (C=O) groups is 2. The molecule has 4 aliphatic carbocycles. The van der Waals surface area contributed by atoms with Crippen molar-refractivity contribution in [2.24, 2.45) is 28.6 Å². The van der Waals surface area contributed by atoms with Gasteiger partial charge in [-0.15, -0.1) is 0 Å². The van der Waals surface area contributed by atoms with Gasteiger partial charge in [0.25, 0.3) is 5.91 Å². The predicted octanol–water partition coefficient (Wildman–Crippen LogP) is 4.02. The fraction of sp³-hybridized carbons (Fsp3) is 0.654. The Morgan fingerprint density at radius 1 is 1.15 bits per heavy atom. The molecular formula is C26H36N4O3. The molecule has 2 amide bonds. The number of amides is 2. The van der Waals surface area contributed by atoms with E-state index in [2.05, 4.69) is 15.6 Å². The van der Waals surface area contributed by atoms with Crippen LogP contribution < -0.4 is 10.6 Å². The Bertz CT molecular complexity index is 1030. The molecule has 4 saturated carbocycles. The summed E-state index contributed by atoms with van der Waals surface area (Å²) in [5, 5.41) is 15.6. The predicted molar refractivity (Wildman–Crippen MR) is 127 cm³/mol. The fourth-order valence-corrected chi connectivity index (χ4v) is 7.02. The van der Waals surface area contributed by atoms with Gasteiger partial charge in [-0.1, -0.05) is 26.8 Å². The van der Waals surface area contributed by atoms with E-state index in [1.54, 1.807) is 10.6 Å². The van der Waals surface area contributed by atoms with E-state index in [1.165, 1.54) is 38.5 Å². The summed E-state index contributed by atoms with van der Waals surface area (Å²) in [6.45, 7) is 5.76. The van der Waals surface area contributed by atoms with Crippen LogP contribution in [0.5, 0.6) is 0 Å². The van der Waals surface area contributed by atoms with Crippen LogP contribution in [0.2, 0.25) is 0 Å². The van der Waals surface area contributed by atoms with Gasteiger partial charge in [-0.25, -0.2) is 4.98 Å². The SMILES string of the molecule is CC(C)(C)[C@@H](CO)NC(=O)c1cn2c(NC(=O)CC34CC5CC(CC(C5)C3)C4)cccc2n1. The lowest BCUT2D eigenvalue weighted by Crippen LogP contribution is -2.47. The molecule has 4 bridgehead atoms. The lowest BCUT2D eigenvalue weighted by atomic mass is 9.49. The van der Waals surface area contributed by atoms with E-state index >= 15 is 0 Å². The third-order valence-electron chi connectivity index (χ3n) is 8.23. The van der Waals surface area contributed by atoms with Crippen molar-refractivity contribution in [1.82, 2.24) is 14.7 Å². The number of hydrogen-bond donors (Lipinski definition) is 3. The third-order valence-corrected chi connectivity index (χ3v) is 8.23. The van der Waals surface area contributed by atoms with Gasteiger partial charge in [0.15, 0.2) is 0 Å². The minimum Gasteiger partial charge on any atom is -0.394 e. The summed E-state index contributed by atoms with van der Waals surface area (Å²) in [5.41, 5.74) is 0.767. The summed E-state index contributed by atoms with van der Waals surface area (Å²) in [7, 11) is 0. The van der Waals surface area contributed by atoms with Gasteiger partial charge in [0, 0.05) is 12.6 Å². The molecule has 4 fully saturated rings. The Balaban J connectivity index is 1.30. The molecule has 2 heterocycles. The van der Waals surface area contributed by atoms with Gasteiger partial charge < -0.3 is 15.7 Å². The van der Waals surface area contributed by atoms with Crippen LogP contribution in [0.3, 0.4) is 0 Å². The smallest absolute Gasteiger partial charge is 0.271 e. The number of aliphatic hydroxyl groups is 1. The zero-order valence-corrected chi connectivity index (χ0v) is 19.9. The molecular weight excluding hydrogens is 416 g/mol. The van der Waals surface area contributed by atoms with Crippen molar-refractivity contribution < 1.29 is 14.7 Å². The van der Waals surface area contributed by atoms with Gasteiger partial charge in [-0.05, 0) is 79.2 Å². The zero-order valence-electron chi connectivity index (χ0n) is 19.9. The van der Waals surface area contributed by atoms with Crippen molar-refractivity contribution >= 4 is 23.3 Å². The highest BCUT2D eigenvalue weighted by Crippen LogP contribution is 2.61. The Hall–Kier alpha value is -2.41. The van der Waals surface area contributed by atoms with Crippen molar-refractivity contribution in [2.75, 3.05) is 11.9 Å². The van der Waals surface area contributed by atoms with Gasteiger partial charge in [-0.3, -0.25) is 14.0 Å². The Labute approximate surface area is 195 Å². The molecule has 6 rings (SSSR count). The number of imidazole rings is 1. The third kappa shape index (κ3) is 4.39. The molecule has 7 nitrogen and oxygen atoms in total. The first kappa shape index (κ1) is 22.4. The van der Waals surface area contributed by atoms with Gasteiger partial charge in [0.1, 0.15) is 17.2 Å². The normalized spacial score (nSPS) is 29.3. The van der Waals surface area contributed by atoms with Crippen LogP contribution in [0.25, 0.3) is 5.65 Å². The van der Waals surface area contributed by atoms with E-state index in [-0.39, 0.29) is 41.0 Å². The lowest BCUT2D eigenvalue weighted by Gasteiger charge is -2.56. The first-order valence-corrected chi connectivity index (χ1v) is 12.3. The maximum absolute atomic E-state index is 13.1. The van der Waals surface area contributed by atoms with E-state index in [0.29, 0.717) is 17.9 Å². The number of carbonyl (C=O) groups excluding carboxylic acids is 2.